The Labute approximate surface area is 137 Å². The van der Waals surface area contributed by atoms with E-state index in [1.807, 2.05) is 27.7 Å². The van der Waals surface area contributed by atoms with Crippen molar-refractivity contribution >= 4 is 23.2 Å². The van der Waals surface area contributed by atoms with Crippen molar-refractivity contribution < 1.29 is 14.7 Å². The predicted octanol–water partition coefficient (Wildman–Crippen LogP) is 3.98. The van der Waals surface area contributed by atoms with Crippen molar-refractivity contribution in [2.45, 2.75) is 41.5 Å². The van der Waals surface area contributed by atoms with E-state index in [1.165, 1.54) is 13.0 Å². The molecule has 0 heterocycles. The second-order valence-corrected chi connectivity index (χ2v) is 5.74. The molecule has 1 rings (SSSR count). The largest absolute Gasteiger partial charge is 0.506 e. The zero-order chi connectivity index (χ0) is 17.7. The lowest BCUT2D eigenvalue weighted by Crippen LogP contribution is -2.14. The number of hydrogen-bond acceptors (Lipinski definition) is 3. The molecule has 0 aliphatic heterocycles. The molecule has 0 spiro atoms. The molecule has 1 aromatic rings. The van der Waals surface area contributed by atoms with Gasteiger partial charge >= 0.3 is 0 Å². The fraction of sp³-hybridized carbons (Fsp3) is 0.333. The van der Waals surface area contributed by atoms with Gasteiger partial charge in [0.25, 0.3) is 5.91 Å². The van der Waals surface area contributed by atoms with Crippen LogP contribution in [0.15, 0.2) is 40.5 Å². The molecule has 0 fully saturated rings. The Bertz CT molecular complexity index is 696. The third-order valence-corrected chi connectivity index (χ3v) is 3.78. The highest BCUT2D eigenvalue weighted by Gasteiger charge is 2.12. The lowest BCUT2D eigenvalue weighted by molar-refractivity contribution is -0.114. The first kappa shape index (κ1) is 18.5. The quantitative estimate of drug-likeness (QED) is 0.446. The van der Waals surface area contributed by atoms with Crippen LogP contribution in [0.3, 0.4) is 0 Å². The number of nitrogens with one attached hydrogen (secondary N) is 2. The molecule has 0 saturated heterocycles. The molecule has 0 aliphatic carbocycles. The van der Waals surface area contributed by atoms with Crippen molar-refractivity contribution in [1.29, 1.82) is 0 Å². The maximum absolute atomic E-state index is 12.3. The van der Waals surface area contributed by atoms with E-state index in [9.17, 15) is 14.7 Å². The zero-order valence-corrected chi connectivity index (χ0v) is 14.5. The number of anilines is 2. The smallest absolute Gasteiger partial charge is 0.251 e. The van der Waals surface area contributed by atoms with Gasteiger partial charge in [0.1, 0.15) is 5.75 Å². The van der Waals surface area contributed by atoms with Crippen LogP contribution < -0.4 is 10.6 Å². The Hall–Kier alpha value is -2.56. The van der Waals surface area contributed by atoms with Crippen LogP contribution in [0.1, 0.15) is 41.5 Å². The van der Waals surface area contributed by atoms with Crippen molar-refractivity contribution in [3.05, 3.63) is 40.5 Å². The fourth-order valence-corrected chi connectivity index (χ4v) is 1.96. The van der Waals surface area contributed by atoms with E-state index in [2.05, 4.69) is 10.6 Å². The van der Waals surface area contributed by atoms with Crippen LogP contribution in [0.2, 0.25) is 0 Å². The predicted molar refractivity (Wildman–Crippen MR) is 93.5 cm³/mol. The van der Waals surface area contributed by atoms with Gasteiger partial charge in [0.05, 0.1) is 5.69 Å². The number of rotatable bonds is 4. The minimum atomic E-state index is -0.273. The normalized spacial score (nSPS) is 11.4. The zero-order valence-electron chi connectivity index (χ0n) is 14.5. The van der Waals surface area contributed by atoms with Crippen LogP contribution in [0, 0.1) is 0 Å². The summed E-state index contributed by atoms with van der Waals surface area (Å²) in [6.45, 7) is 11.0. The van der Waals surface area contributed by atoms with Gasteiger partial charge in [-0.25, -0.2) is 0 Å². The molecule has 3 N–H and O–H groups in total. The van der Waals surface area contributed by atoms with Gasteiger partial charge in [0, 0.05) is 24.3 Å². The van der Waals surface area contributed by atoms with Crippen LogP contribution in [-0.2, 0) is 9.59 Å². The van der Waals surface area contributed by atoms with Crippen LogP contribution in [0.5, 0.6) is 5.75 Å². The van der Waals surface area contributed by atoms with Crippen molar-refractivity contribution in [2.75, 3.05) is 10.6 Å². The molecule has 0 unspecified atom stereocenters. The number of aromatic hydroxyl groups is 1. The Morgan fingerprint density at radius 1 is 0.870 bits per heavy atom. The molecule has 0 radical (unpaired) electrons. The molecule has 124 valence electrons. The number of benzene rings is 1. The van der Waals surface area contributed by atoms with E-state index in [4.69, 9.17) is 0 Å². The van der Waals surface area contributed by atoms with Gasteiger partial charge in [-0.15, -0.1) is 0 Å². The van der Waals surface area contributed by atoms with E-state index >= 15 is 0 Å². The first-order valence-electron chi connectivity index (χ1n) is 7.37. The average molecular weight is 316 g/mol. The summed E-state index contributed by atoms with van der Waals surface area (Å²) < 4.78 is 0. The Kier molecular flexibility index (Phi) is 6.13. The van der Waals surface area contributed by atoms with Crippen molar-refractivity contribution in [1.82, 2.24) is 0 Å². The molecule has 1 aromatic carbocycles. The molecule has 0 saturated carbocycles. The summed E-state index contributed by atoms with van der Waals surface area (Å²) in [6.07, 6.45) is 0. The Morgan fingerprint density at radius 2 is 1.48 bits per heavy atom. The molecular formula is C18H24N2O3. The lowest BCUT2D eigenvalue weighted by Gasteiger charge is -2.12. The summed E-state index contributed by atoms with van der Waals surface area (Å²) in [5.74, 6) is -0.604. The third-order valence-electron chi connectivity index (χ3n) is 3.78. The Balaban J connectivity index is 3.00. The maximum atomic E-state index is 12.3. The first-order chi connectivity index (χ1) is 10.6. The highest BCUT2D eigenvalue weighted by atomic mass is 16.3. The van der Waals surface area contributed by atoms with E-state index < -0.39 is 0 Å². The van der Waals surface area contributed by atoms with Crippen molar-refractivity contribution in [3.8, 4) is 5.75 Å². The summed E-state index contributed by atoms with van der Waals surface area (Å²) in [4.78, 5) is 23.3. The number of carbonyl (C=O) groups is 2. The minimum absolute atomic E-state index is 0.103. The maximum Gasteiger partial charge on any atom is 0.251 e. The van der Waals surface area contributed by atoms with Gasteiger partial charge in [-0.2, -0.15) is 0 Å². The van der Waals surface area contributed by atoms with Crippen molar-refractivity contribution in [2.24, 2.45) is 0 Å². The first-order valence-corrected chi connectivity index (χ1v) is 7.37. The monoisotopic (exact) mass is 316 g/mol. The molecule has 0 atom stereocenters. The SMILES string of the molecule is CC(=O)Nc1ccc(NC(=O)/C(C)=C(\C)C(C)=C(C)C)c(O)c1. The highest BCUT2D eigenvalue weighted by molar-refractivity contribution is 6.05. The van der Waals surface area contributed by atoms with E-state index in [-0.39, 0.29) is 17.6 Å². The molecular weight excluding hydrogens is 292 g/mol. The number of phenolic OH excluding ortho intramolecular Hbond substituents is 1. The molecule has 5 heteroatoms. The average Bonchev–Trinajstić information content (AvgIpc) is 2.46. The topological polar surface area (TPSA) is 78.4 Å². The highest BCUT2D eigenvalue weighted by Crippen LogP contribution is 2.28. The lowest BCUT2D eigenvalue weighted by atomic mass is 9.99. The van der Waals surface area contributed by atoms with E-state index in [1.54, 1.807) is 19.1 Å². The van der Waals surface area contributed by atoms with Gasteiger partial charge in [-0.3, -0.25) is 9.59 Å². The van der Waals surface area contributed by atoms with E-state index in [0.29, 0.717) is 16.9 Å². The van der Waals surface area contributed by atoms with Crippen LogP contribution in [0.4, 0.5) is 11.4 Å². The molecule has 0 bridgehead atoms. The number of hydrogen-bond donors (Lipinski definition) is 3. The second kappa shape index (κ2) is 7.63. The molecule has 23 heavy (non-hydrogen) atoms. The van der Waals surface area contributed by atoms with Gasteiger partial charge in [-0.1, -0.05) is 5.57 Å². The van der Waals surface area contributed by atoms with Crippen LogP contribution in [0.25, 0.3) is 0 Å². The van der Waals surface area contributed by atoms with Gasteiger partial charge in [0.15, 0.2) is 0 Å². The van der Waals surface area contributed by atoms with Gasteiger partial charge in [-0.05, 0) is 57.9 Å². The summed E-state index contributed by atoms with van der Waals surface area (Å²) in [5, 5.41) is 15.2. The summed E-state index contributed by atoms with van der Waals surface area (Å²) >= 11 is 0. The summed E-state index contributed by atoms with van der Waals surface area (Å²) in [7, 11) is 0. The van der Waals surface area contributed by atoms with Crippen molar-refractivity contribution in [3.63, 3.8) is 0 Å². The molecule has 2 amide bonds. The van der Waals surface area contributed by atoms with Gasteiger partial charge in [0.2, 0.25) is 5.91 Å². The number of allylic oxidation sites excluding steroid dienone is 3. The number of phenols is 1. The van der Waals surface area contributed by atoms with E-state index in [0.717, 1.165) is 16.7 Å². The second-order valence-electron chi connectivity index (χ2n) is 5.74. The third kappa shape index (κ3) is 4.98. The number of amides is 2. The molecule has 0 aromatic heterocycles. The summed E-state index contributed by atoms with van der Waals surface area (Å²) in [5.41, 5.74) is 4.49. The molecule has 0 aliphatic rings. The molecule has 5 nitrogen and oxygen atoms in total. The standard InChI is InChI=1S/C18H24N2O3/c1-10(2)11(3)12(4)13(5)18(23)20-16-8-7-15(9-17(16)22)19-14(6)21/h7-9,22H,1-6H3,(H,19,21)(H,20,23)/b13-12+. The summed E-state index contributed by atoms with van der Waals surface area (Å²) in [6, 6.07) is 4.56. The Morgan fingerprint density at radius 3 is 1.96 bits per heavy atom. The fourth-order valence-electron chi connectivity index (χ4n) is 1.96. The van der Waals surface area contributed by atoms with Crippen LogP contribution >= 0.6 is 0 Å². The number of carbonyl (C=O) groups excluding carboxylic acids is 2. The van der Waals surface area contributed by atoms with Gasteiger partial charge < -0.3 is 15.7 Å². The van der Waals surface area contributed by atoms with Crippen LogP contribution in [-0.4, -0.2) is 16.9 Å². The minimum Gasteiger partial charge on any atom is -0.506 e.